The fourth-order valence-corrected chi connectivity index (χ4v) is 2.35. The van der Waals surface area contributed by atoms with Crippen molar-refractivity contribution < 1.29 is 9.47 Å². The molecule has 0 aliphatic heterocycles. The van der Waals surface area contributed by atoms with Crippen molar-refractivity contribution in [3.05, 3.63) is 58.6 Å². The maximum Gasteiger partial charge on any atom is 0.162 e. The highest BCUT2D eigenvalue weighted by molar-refractivity contribution is 6.31. The fraction of sp³-hybridized carbons (Fsp3) is 0.294. The van der Waals surface area contributed by atoms with Gasteiger partial charge in [-0.1, -0.05) is 41.9 Å². The quantitative estimate of drug-likeness (QED) is 0.768. The van der Waals surface area contributed by atoms with Crippen LogP contribution in [0.3, 0.4) is 0 Å². The van der Waals surface area contributed by atoms with Crippen LogP contribution in [0.4, 0.5) is 0 Å². The molecule has 0 radical (unpaired) electrons. The highest BCUT2D eigenvalue weighted by atomic mass is 35.5. The van der Waals surface area contributed by atoms with Crippen LogP contribution in [0.2, 0.25) is 5.02 Å². The highest BCUT2D eigenvalue weighted by Crippen LogP contribution is 2.32. The average molecular weight is 342 g/mol. The lowest BCUT2D eigenvalue weighted by atomic mass is 10.1. The first-order valence-electron chi connectivity index (χ1n) is 6.89. The zero-order chi connectivity index (χ0) is 15.1. The largest absolute Gasteiger partial charge is 0.493 e. The molecule has 0 spiro atoms. The smallest absolute Gasteiger partial charge is 0.162 e. The van der Waals surface area contributed by atoms with E-state index in [0.29, 0.717) is 23.1 Å². The summed E-state index contributed by atoms with van der Waals surface area (Å²) in [5.74, 6) is 1.34. The Bertz CT molecular complexity index is 576. The summed E-state index contributed by atoms with van der Waals surface area (Å²) in [6, 6.07) is 14.1. The molecule has 0 saturated carbocycles. The van der Waals surface area contributed by atoms with Crippen LogP contribution < -0.4 is 14.8 Å². The predicted octanol–water partition coefficient (Wildman–Crippen LogP) is 4.11. The van der Waals surface area contributed by atoms with Crippen molar-refractivity contribution in [2.45, 2.75) is 13.0 Å². The molecular weight excluding hydrogens is 321 g/mol. The van der Waals surface area contributed by atoms with Gasteiger partial charge in [-0.2, -0.15) is 0 Å². The van der Waals surface area contributed by atoms with Crippen LogP contribution in [-0.4, -0.2) is 20.8 Å². The van der Waals surface area contributed by atoms with Crippen LogP contribution >= 0.6 is 24.0 Å². The lowest BCUT2D eigenvalue weighted by molar-refractivity contribution is 0.354. The molecular formula is C17H21Cl2NO2. The van der Waals surface area contributed by atoms with Gasteiger partial charge in [0, 0.05) is 17.6 Å². The van der Waals surface area contributed by atoms with Crippen molar-refractivity contribution in [2.24, 2.45) is 0 Å². The van der Waals surface area contributed by atoms with E-state index in [2.05, 4.69) is 29.6 Å². The second-order valence-corrected chi connectivity index (χ2v) is 5.12. The van der Waals surface area contributed by atoms with Crippen molar-refractivity contribution in [1.29, 1.82) is 0 Å². The first-order valence-corrected chi connectivity index (χ1v) is 7.27. The van der Waals surface area contributed by atoms with Gasteiger partial charge in [0.05, 0.1) is 14.2 Å². The standard InChI is InChI=1S/C17H20ClNO2.ClH/c1-20-16-10-14(15(18)11-17(16)21-2)12-19-9-8-13-6-4-3-5-7-13;/h3-7,10-11,19H,8-9,12H2,1-2H3;1H. The zero-order valence-electron chi connectivity index (χ0n) is 12.8. The van der Waals surface area contributed by atoms with Crippen molar-refractivity contribution in [3.63, 3.8) is 0 Å². The number of ether oxygens (including phenoxy) is 2. The molecule has 1 N–H and O–H groups in total. The molecule has 0 aliphatic rings. The molecule has 2 rings (SSSR count). The second kappa shape index (κ2) is 9.57. The fourth-order valence-electron chi connectivity index (χ4n) is 2.13. The summed E-state index contributed by atoms with van der Waals surface area (Å²) in [7, 11) is 3.23. The van der Waals surface area contributed by atoms with Crippen LogP contribution in [-0.2, 0) is 13.0 Å². The molecule has 0 amide bonds. The minimum absolute atomic E-state index is 0. The summed E-state index contributed by atoms with van der Waals surface area (Å²) in [5, 5.41) is 4.08. The Kier molecular flexibility index (Phi) is 8.10. The summed E-state index contributed by atoms with van der Waals surface area (Å²) in [4.78, 5) is 0. The van der Waals surface area contributed by atoms with Gasteiger partial charge in [-0.3, -0.25) is 0 Å². The van der Waals surface area contributed by atoms with E-state index in [4.69, 9.17) is 21.1 Å². The number of methoxy groups -OCH3 is 2. The molecule has 120 valence electrons. The van der Waals surface area contributed by atoms with Gasteiger partial charge in [0.1, 0.15) is 0 Å². The molecule has 0 unspecified atom stereocenters. The highest BCUT2D eigenvalue weighted by Gasteiger charge is 2.09. The number of hydrogen-bond donors (Lipinski definition) is 1. The molecule has 0 atom stereocenters. The van der Waals surface area contributed by atoms with Crippen LogP contribution in [0.1, 0.15) is 11.1 Å². The van der Waals surface area contributed by atoms with Gasteiger partial charge in [-0.25, -0.2) is 0 Å². The van der Waals surface area contributed by atoms with Crippen molar-refractivity contribution in [2.75, 3.05) is 20.8 Å². The predicted molar refractivity (Wildman–Crippen MR) is 93.7 cm³/mol. The van der Waals surface area contributed by atoms with E-state index < -0.39 is 0 Å². The van der Waals surface area contributed by atoms with E-state index in [-0.39, 0.29) is 12.4 Å². The average Bonchev–Trinajstić information content (AvgIpc) is 2.53. The Morgan fingerprint density at radius 1 is 1.00 bits per heavy atom. The normalized spacial score (nSPS) is 9.95. The summed E-state index contributed by atoms with van der Waals surface area (Å²) in [6.07, 6.45) is 0.992. The number of rotatable bonds is 7. The Hall–Kier alpha value is -1.42. The molecule has 0 fully saturated rings. The molecule has 22 heavy (non-hydrogen) atoms. The lowest BCUT2D eigenvalue weighted by Gasteiger charge is -2.12. The first-order chi connectivity index (χ1) is 10.2. The van der Waals surface area contributed by atoms with Gasteiger partial charge < -0.3 is 14.8 Å². The lowest BCUT2D eigenvalue weighted by Crippen LogP contribution is -2.17. The minimum atomic E-state index is 0. The Balaban J connectivity index is 0.00000242. The molecule has 0 bridgehead atoms. The molecule has 2 aromatic rings. The summed E-state index contributed by atoms with van der Waals surface area (Å²) < 4.78 is 10.5. The van der Waals surface area contributed by atoms with Gasteiger partial charge in [0.2, 0.25) is 0 Å². The van der Waals surface area contributed by atoms with E-state index in [1.54, 1.807) is 20.3 Å². The van der Waals surface area contributed by atoms with Crippen LogP contribution in [0.15, 0.2) is 42.5 Å². The number of nitrogens with one attached hydrogen (secondary N) is 1. The Labute approximate surface area is 143 Å². The van der Waals surface area contributed by atoms with Crippen LogP contribution in [0.25, 0.3) is 0 Å². The van der Waals surface area contributed by atoms with Crippen LogP contribution in [0, 0.1) is 0 Å². The Morgan fingerprint density at radius 3 is 2.27 bits per heavy atom. The minimum Gasteiger partial charge on any atom is -0.493 e. The molecule has 0 heterocycles. The third-order valence-electron chi connectivity index (χ3n) is 3.30. The molecule has 0 aromatic heterocycles. The monoisotopic (exact) mass is 341 g/mol. The third-order valence-corrected chi connectivity index (χ3v) is 3.65. The zero-order valence-corrected chi connectivity index (χ0v) is 14.3. The number of benzene rings is 2. The van der Waals surface area contributed by atoms with Crippen LogP contribution in [0.5, 0.6) is 11.5 Å². The SMILES string of the molecule is COc1cc(Cl)c(CNCCc2ccccc2)cc1OC.Cl. The number of halogens is 2. The maximum absolute atomic E-state index is 6.26. The molecule has 0 saturated heterocycles. The van der Waals surface area contributed by atoms with Crippen molar-refractivity contribution >= 4 is 24.0 Å². The molecule has 0 aliphatic carbocycles. The van der Waals surface area contributed by atoms with Crippen molar-refractivity contribution in [3.8, 4) is 11.5 Å². The van der Waals surface area contributed by atoms with E-state index >= 15 is 0 Å². The second-order valence-electron chi connectivity index (χ2n) is 4.71. The first kappa shape index (κ1) is 18.6. The van der Waals surface area contributed by atoms with Gasteiger partial charge in [0.15, 0.2) is 11.5 Å². The Morgan fingerprint density at radius 2 is 1.64 bits per heavy atom. The van der Waals surface area contributed by atoms with E-state index in [0.717, 1.165) is 18.5 Å². The van der Waals surface area contributed by atoms with Crippen molar-refractivity contribution in [1.82, 2.24) is 5.32 Å². The third kappa shape index (κ3) is 5.09. The molecule has 5 heteroatoms. The van der Waals surface area contributed by atoms with Gasteiger partial charge >= 0.3 is 0 Å². The maximum atomic E-state index is 6.26. The topological polar surface area (TPSA) is 30.5 Å². The molecule has 3 nitrogen and oxygen atoms in total. The van der Waals surface area contributed by atoms with Gasteiger partial charge in [-0.05, 0) is 30.2 Å². The molecule has 2 aromatic carbocycles. The van der Waals surface area contributed by atoms with E-state index in [1.165, 1.54) is 5.56 Å². The number of hydrogen-bond acceptors (Lipinski definition) is 3. The summed E-state index contributed by atoms with van der Waals surface area (Å²) >= 11 is 6.26. The van der Waals surface area contributed by atoms with E-state index in [1.807, 2.05) is 12.1 Å². The van der Waals surface area contributed by atoms with E-state index in [9.17, 15) is 0 Å². The summed E-state index contributed by atoms with van der Waals surface area (Å²) in [6.45, 7) is 1.60. The van der Waals surface area contributed by atoms with Gasteiger partial charge in [-0.15, -0.1) is 12.4 Å². The summed E-state index contributed by atoms with van der Waals surface area (Å²) in [5.41, 5.74) is 2.32. The van der Waals surface area contributed by atoms with Gasteiger partial charge in [0.25, 0.3) is 0 Å².